The number of nitrogens with one attached hydrogen (secondary N) is 2. The number of phenolic OH excluding ortho intramolecular Hbond substituents is 1. The highest BCUT2D eigenvalue weighted by molar-refractivity contribution is 7.80. The van der Waals surface area contributed by atoms with Crippen LogP contribution in [0.15, 0.2) is 12.1 Å². The maximum atomic E-state index is 10.8. The van der Waals surface area contributed by atoms with Crippen LogP contribution in [0.3, 0.4) is 0 Å². The van der Waals surface area contributed by atoms with E-state index < -0.39 is 16.4 Å². The van der Waals surface area contributed by atoms with E-state index in [1.54, 1.807) is 6.92 Å². The summed E-state index contributed by atoms with van der Waals surface area (Å²) in [6.07, 6.45) is 1.40. The van der Waals surface area contributed by atoms with Crippen LogP contribution in [0.4, 0.5) is 5.69 Å². The van der Waals surface area contributed by atoms with Gasteiger partial charge in [-0.05, 0) is 25.2 Å². The predicted molar refractivity (Wildman–Crippen MR) is 72.0 cm³/mol. The number of benzene rings is 1. The second-order valence-corrected chi connectivity index (χ2v) is 3.79. The van der Waals surface area contributed by atoms with Crippen LogP contribution in [-0.4, -0.2) is 28.0 Å². The lowest BCUT2D eigenvalue weighted by Gasteiger charge is -2.06. The first kappa shape index (κ1) is 14.6. The Kier molecular flexibility index (Phi) is 5.01. The average Bonchev–Trinajstić information content (AvgIpc) is 2.32. The summed E-state index contributed by atoms with van der Waals surface area (Å²) in [6, 6.07) is 2.63. The van der Waals surface area contributed by atoms with E-state index >= 15 is 0 Å². The topological polar surface area (TPSA) is 125 Å². The molecule has 0 aliphatic carbocycles. The van der Waals surface area contributed by atoms with Crippen LogP contribution in [0.5, 0.6) is 11.5 Å². The first-order valence-corrected chi connectivity index (χ1v) is 5.65. The van der Waals surface area contributed by atoms with Crippen LogP contribution in [0, 0.1) is 10.1 Å². The van der Waals surface area contributed by atoms with Crippen LogP contribution in [0.2, 0.25) is 0 Å². The fourth-order valence-corrected chi connectivity index (χ4v) is 1.35. The molecule has 9 heteroatoms. The van der Waals surface area contributed by atoms with Gasteiger partial charge in [-0.2, -0.15) is 0 Å². The van der Waals surface area contributed by atoms with E-state index in [1.165, 1.54) is 18.3 Å². The summed E-state index contributed by atoms with van der Waals surface area (Å²) < 4.78 is 5.12. The molecule has 0 saturated heterocycles. The van der Waals surface area contributed by atoms with Gasteiger partial charge in [0.2, 0.25) is 10.9 Å². The molecule has 0 unspecified atom stereocenters. The minimum Gasteiger partial charge on any atom is -0.500 e. The average molecular weight is 285 g/mol. The van der Waals surface area contributed by atoms with E-state index in [2.05, 4.69) is 22.7 Å². The number of nitro benzene ring substituents is 1. The van der Waals surface area contributed by atoms with Gasteiger partial charge < -0.3 is 15.6 Å². The predicted octanol–water partition coefficient (Wildman–Crippen LogP) is -1.05. The Morgan fingerprint density at radius 2 is 2.42 bits per heavy atom. The summed E-state index contributed by atoms with van der Waals surface area (Å²) in [7, 11) is 0. The third-order valence-corrected chi connectivity index (χ3v) is 2.11. The summed E-state index contributed by atoms with van der Waals surface area (Å²) in [6.45, 7) is 1.97. The Bertz CT molecular complexity index is 533. The number of rotatable bonds is 5. The second kappa shape index (κ2) is 6.50. The highest BCUT2D eigenvalue weighted by atomic mass is 32.1. The highest BCUT2D eigenvalue weighted by Gasteiger charge is 2.20. The minimum atomic E-state index is -0.698. The molecule has 0 fully saturated rings. The van der Waals surface area contributed by atoms with E-state index in [0.717, 1.165) is 0 Å². The van der Waals surface area contributed by atoms with Gasteiger partial charge in [0.15, 0.2) is 12.0 Å². The van der Waals surface area contributed by atoms with Crippen LogP contribution < -0.4 is 21.0 Å². The molecule has 0 aromatic heterocycles. The van der Waals surface area contributed by atoms with E-state index in [1.807, 2.05) is 0 Å². The molecule has 19 heavy (non-hydrogen) atoms. The Hall–Kier alpha value is -2.42. The molecule has 0 amide bonds. The Morgan fingerprint density at radius 3 is 2.95 bits per heavy atom. The first-order valence-electron chi connectivity index (χ1n) is 5.24. The number of nitrogens with two attached hydrogens (primary N) is 1. The summed E-state index contributed by atoms with van der Waals surface area (Å²) in [5, 5.41) is 23.1. The Labute approximate surface area is 114 Å². The molecule has 1 aromatic carbocycles. The molecule has 1 aromatic rings. The molecule has 8 nitrogen and oxygen atoms in total. The van der Waals surface area contributed by atoms with Crippen LogP contribution in [0.25, 0.3) is 0 Å². The van der Waals surface area contributed by atoms with Crippen molar-refractivity contribution in [2.24, 2.45) is 5.73 Å². The number of phenols is 1. The zero-order chi connectivity index (χ0) is 14.4. The van der Waals surface area contributed by atoms with Crippen molar-refractivity contribution in [3.8, 4) is 11.5 Å². The van der Waals surface area contributed by atoms with Crippen molar-refractivity contribution in [2.75, 3.05) is 6.61 Å². The molecule has 0 aliphatic rings. The number of nitrogens with zero attached hydrogens (tertiary/aromatic N) is 1. The quantitative estimate of drug-likeness (QED) is 0.235. The summed E-state index contributed by atoms with van der Waals surface area (Å²) in [4.78, 5) is 10.1. The van der Waals surface area contributed by atoms with Crippen molar-refractivity contribution in [3.05, 3.63) is 27.8 Å². The lowest BCUT2D eigenvalue weighted by atomic mass is 10.2. The molecular formula is C10H13N4O4S+. The van der Waals surface area contributed by atoms with Crippen molar-refractivity contribution in [2.45, 2.75) is 6.92 Å². The van der Waals surface area contributed by atoms with Crippen LogP contribution >= 0.6 is 12.2 Å². The zero-order valence-electron chi connectivity index (χ0n) is 10.0. The van der Waals surface area contributed by atoms with Crippen LogP contribution in [0.1, 0.15) is 12.5 Å². The van der Waals surface area contributed by atoms with E-state index in [4.69, 9.17) is 10.5 Å². The molecule has 0 heterocycles. The first-order chi connectivity index (χ1) is 8.95. The van der Waals surface area contributed by atoms with Gasteiger partial charge in [-0.3, -0.25) is 10.1 Å². The highest BCUT2D eigenvalue weighted by Crippen LogP contribution is 2.36. The Morgan fingerprint density at radius 1 is 1.74 bits per heavy atom. The van der Waals surface area contributed by atoms with Crippen molar-refractivity contribution < 1.29 is 19.9 Å². The lowest BCUT2D eigenvalue weighted by Crippen LogP contribution is -2.82. The number of hydrogen-bond acceptors (Lipinski definition) is 5. The maximum absolute atomic E-state index is 10.8. The number of hydrazine groups is 1. The zero-order valence-corrected chi connectivity index (χ0v) is 10.9. The monoisotopic (exact) mass is 285 g/mol. The molecule has 0 atom stereocenters. The SMILES string of the molecule is CCOc1cc(C=[NH+]NC(N)=S)cc([N+](=O)[O-])c1O. The van der Waals surface area contributed by atoms with Gasteiger partial charge >= 0.3 is 5.69 Å². The molecule has 102 valence electrons. The molecule has 0 saturated carbocycles. The largest absolute Gasteiger partial charge is 0.500 e. The summed E-state index contributed by atoms with van der Waals surface area (Å²) in [5.74, 6) is -0.480. The van der Waals surface area contributed by atoms with Gasteiger partial charge in [-0.25, -0.2) is 0 Å². The van der Waals surface area contributed by atoms with Crippen LogP contribution in [-0.2, 0) is 0 Å². The normalized spacial score (nSPS) is 10.4. The van der Waals surface area contributed by atoms with E-state index in [-0.39, 0.29) is 17.5 Å². The molecule has 0 bridgehead atoms. The number of thiocarbonyl (C=S) groups is 1. The summed E-state index contributed by atoms with van der Waals surface area (Å²) >= 11 is 4.58. The van der Waals surface area contributed by atoms with E-state index in [0.29, 0.717) is 5.56 Å². The molecule has 1 rings (SSSR count). The molecule has 0 aliphatic heterocycles. The van der Waals surface area contributed by atoms with Gasteiger partial charge in [-0.1, -0.05) is 0 Å². The minimum absolute atomic E-state index is 0.0227. The van der Waals surface area contributed by atoms with Crippen molar-refractivity contribution in [1.29, 1.82) is 0 Å². The maximum Gasteiger partial charge on any atom is 0.315 e. The number of hydrogen-bond donors (Lipinski definition) is 4. The fraction of sp³-hybridized carbons (Fsp3) is 0.200. The van der Waals surface area contributed by atoms with E-state index in [9.17, 15) is 15.2 Å². The second-order valence-electron chi connectivity index (χ2n) is 3.35. The number of nitro groups is 1. The third-order valence-electron chi connectivity index (χ3n) is 2.01. The lowest BCUT2D eigenvalue weighted by molar-refractivity contribution is -0.499. The number of aromatic hydroxyl groups is 1. The third kappa shape index (κ3) is 4.07. The van der Waals surface area contributed by atoms with Gasteiger partial charge in [-0.15, -0.1) is 10.5 Å². The molecule has 0 radical (unpaired) electrons. The molecule has 0 spiro atoms. The molecular weight excluding hydrogens is 272 g/mol. The van der Waals surface area contributed by atoms with Crippen molar-refractivity contribution in [1.82, 2.24) is 5.43 Å². The molecule has 5 N–H and O–H groups in total. The van der Waals surface area contributed by atoms with Gasteiger partial charge in [0.1, 0.15) is 0 Å². The number of hydrazone groups is 1. The van der Waals surface area contributed by atoms with Gasteiger partial charge in [0.25, 0.3) is 0 Å². The smallest absolute Gasteiger partial charge is 0.315 e. The Balaban J connectivity index is 3.14. The van der Waals surface area contributed by atoms with Crippen molar-refractivity contribution >= 4 is 29.2 Å². The fourth-order valence-electron chi connectivity index (χ4n) is 1.29. The van der Waals surface area contributed by atoms with Gasteiger partial charge in [0.05, 0.1) is 17.1 Å². The summed E-state index contributed by atoms with van der Waals surface area (Å²) in [5.41, 5.74) is 7.60. The van der Waals surface area contributed by atoms with Gasteiger partial charge in [0, 0.05) is 6.07 Å². The van der Waals surface area contributed by atoms with Crippen molar-refractivity contribution in [3.63, 3.8) is 0 Å². The standard InChI is InChI=1S/C10H12N4O4S/c1-2-18-8-4-6(5-12-13-10(11)19)3-7(9(8)15)14(16)17/h3-5,15H,2H2,1H3,(H3,11,13,19)/p+1. The number of ether oxygens (including phenoxy) is 1.